The van der Waals surface area contributed by atoms with E-state index in [-0.39, 0.29) is 17.7 Å². The Balaban J connectivity index is 1.72. The van der Waals surface area contributed by atoms with E-state index in [1.54, 1.807) is 24.4 Å². The minimum atomic E-state index is -3.17. The van der Waals surface area contributed by atoms with Gasteiger partial charge in [0.25, 0.3) is 5.91 Å². The van der Waals surface area contributed by atoms with Crippen LogP contribution in [0.25, 0.3) is 0 Å². The van der Waals surface area contributed by atoms with Gasteiger partial charge in [-0.25, -0.2) is 22.9 Å². The molecule has 3 N–H and O–H groups in total. The summed E-state index contributed by atoms with van der Waals surface area (Å²) in [5.74, 6) is -0.292. The van der Waals surface area contributed by atoms with Crippen molar-refractivity contribution in [3.63, 3.8) is 0 Å². The number of hydrogen-bond donors (Lipinski definition) is 3. The Bertz CT molecular complexity index is 637. The maximum absolute atomic E-state index is 11.8. The summed E-state index contributed by atoms with van der Waals surface area (Å²) in [6.07, 6.45) is 1.09. The summed E-state index contributed by atoms with van der Waals surface area (Å²) >= 11 is 1.28. The predicted octanol–water partition coefficient (Wildman–Crippen LogP) is 0.506. The molecule has 8 nitrogen and oxygen atoms in total. The molecule has 0 atom stereocenters. The fourth-order valence-electron chi connectivity index (χ4n) is 2.27. The van der Waals surface area contributed by atoms with Crippen LogP contribution in [0.15, 0.2) is 17.5 Å². The summed E-state index contributed by atoms with van der Waals surface area (Å²) in [6.45, 7) is 2.40. The molecule has 0 spiro atoms. The monoisotopic (exact) mass is 360 g/mol. The van der Waals surface area contributed by atoms with E-state index in [2.05, 4.69) is 16.2 Å². The molecular weight excluding hydrogens is 340 g/mol. The van der Waals surface area contributed by atoms with Gasteiger partial charge in [0.05, 0.1) is 10.6 Å². The van der Waals surface area contributed by atoms with E-state index in [1.165, 1.54) is 15.6 Å². The van der Waals surface area contributed by atoms with Gasteiger partial charge in [0.1, 0.15) is 0 Å². The summed E-state index contributed by atoms with van der Waals surface area (Å²) in [6, 6.07) is 2.78. The largest absolute Gasteiger partial charge is 0.334 e. The lowest BCUT2D eigenvalue weighted by atomic mass is 10.1. The van der Waals surface area contributed by atoms with Crippen molar-refractivity contribution in [1.82, 2.24) is 20.5 Å². The summed E-state index contributed by atoms with van der Waals surface area (Å²) in [4.78, 5) is 23.9. The molecule has 1 aromatic rings. The van der Waals surface area contributed by atoms with Crippen molar-refractivity contribution in [2.45, 2.75) is 25.8 Å². The predicted molar refractivity (Wildman–Crippen MR) is 87.5 cm³/mol. The number of nitrogens with zero attached hydrogens (tertiary/aromatic N) is 1. The molecule has 128 valence electrons. The highest BCUT2D eigenvalue weighted by atomic mass is 32.2. The zero-order valence-corrected chi connectivity index (χ0v) is 14.4. The molecular formula is C13H20N4O4S2. The van der Waals surface area contributed by atoms with E-state index in [4.69, 9.17) is 0 Å². The molecule has 0 aromatic carbocycles. The number of piperidine rings is 1. The van der Waals surface area contributed by atoms with Crippen LogP contribution in [0.4, 0.5) is 4.79 Å². The average molecular weight is 360 g/mol. The van der Waals surface area contributed by atoms with E-state index >= 15 is 0 Å². The SMILES string of the molecule is CCS(=O)(=O)N1CCC(NC(=O)NNC(=O)c2cccs2)CC1. The van der Waals surface area contributed by atoms with Gasteiger partial charge in [-0.15, -0.1) is 11.3 Å². The topological polar surface area (TPSA) is 108 Å². The molecule has 10 heteroatoms. The first-order valence-corrected chi connectivity index (χ1v) is 9.79. The van der Waals surface area contributed by atoms with E-state index in [0.29, 0.717) is 30.8 Å². The summed E-state index contributed by atoms with van der Waals surface area (Å²) in [7, 11) is -3.17. The molecule has 1 aromatic heterocycles. The van der Waals surface area contributed by atoms with Gasteiger partial charge >= 0.3 is 6.03 Å². The Labute approximate surface area is 139 Å². The molecule has 1 aliphatic rings. The molecule has 1 fully saturated rings. The Morgan fingerprint density at radius 2 is 2.00 bits per heavy atom. The summed E-state index contributed by atoms with van der Waals surface area (Å²) < 4.78 is 25.0. The number of hydrogen-bond acceptors (Lipinski definition) is 5. The quantitative estimate of drug-likeness (QED) is 0.680. The summed E-state index contributed by atoms with van der Waals surface area (Å²) in [5, 5.41) is 4.50. The van der Waals surface area contributed by atoms with E-state index in [9.17, 15) is 18.0 Å². The van der Waals surface area contributed by atoms with Gasteiger partial charge in [-0.3, -0.25) is 10.2 Å². The number of carbonyl (C=O) groups is 2. The van der Waals surface area contributed by atoms with E-state index in [1.807, 2.05) is 0 Å². The number of rotatable bonds is 4. The van der Waals surface area contributed by atoms with Crippen molar-refractivity contribution in [2.75, 3.05) is 18.8 Å². The highest BCUT2D eigenvalue weighted by Gasteiger charge is 2.27. The lowest BCUT2D eigenvalue weighted by Crippen LogP contribution is -2.52. The van der Waals surface area contributed by atoms with Crippen molar-refractivity contribution in [3.8, 4) is 0 Å². The highest BCUT2D eigenvalue weighted by Crippen LogP contribution is 2.14. The van der Waals surface area contributed by atoms with Crippen molar-refractivity contribution in [1.29, 1.82) is 0 Å². The third kappa shape index (κ3) is 4.91. The van der Waals surface area contributed by atoms with Crippen LogP contribution in [0.1, 0.15) is 29.4 Å². The van der Waals surface area contributed by atoms with Gasteiger partial charge in [-0.1, -0.05) is 6.07 Å². The first-order chi connectivity index (χ1) is 10.9. The molecule has 0 unspecified atom stereocenters. The second-order valence-electron chi connectivity index (χ2n) is 5.10. The second kappa shape index (κ2) is 7.75. The Kier molecular flexibility index (Phi) is 5.97. The molecule has 0 bridgehead atoms. The van der Waals surface area contributed by atoms with Crippen molar-refractivity contribution in [3.05, 3.63) is 22.4 Å². The zero-order chi connectivity index (χ0) is 16.9. The first kappa shape index (κ1) is 17.7. The van der Waals surface area contributed by atoms with Crippen molar-refractivity contribution < 1.29 is 18.0 Å². The van der Waals surface area contributed by atoms with Crippen LogP contribution >= 0.6 is 11.3 Å². The van der Waals surface area contributed by atoms with Gasteiger partial charge < -0.3 is 5.32 Å². The van der Waals surface area contributed by atoms with Crippen LogP contribution in [0.2, 0.25) is 0 Å². The van der Waals surface area contributed by atoms with Gasteiger partial charge in [0, 0.05) is 19.1 Å². The smallest absolute Gasteiger partial charge is 0.333 e. The van der Waals surface area contributed by atoms with Gasteiger partial charge in [0.2, 0.25) is 10.0 Å². The third-order valence-electron chi connectivity index (χ3n) is 3.58. The van der Waals surface area contributed by atoms with Gasteiger partial charge in [-0.05, 0) is 31.2 Å². The number of nitrogens with one attached hydrogen (secondary N) is 3. The average Bonchev–Trinajstić information content (AvgIpc) is 3.07. The van der Waals surface area contributed by atoms with Gasteiger partial charge in [0.15, 0.2) is 0 Å². The molecule has 23 heavy (non-hydrogen) atoms. The Morgan fingerprint density at radius 3 is 2.57 bits per heavy atom. The second-order valence-corrected chi connectivity index (χ2v) is 8.31. The van der Waals surface area contributed by atoms with E-state index < -0.39 is 16.1 Å². The third-order valence-corrected chi connectivity index (χ3v) is 6.33. The van der Waals surface area contributed by atoms with Crippen LogP contribution in [-0.4, -0.2) is 49.5 Å². The number of thiophene rings is 1. The molecule has 1 aliphatic heterocycles. The van der Waals surface area contributed by atoms with Gasteiger partial charge in [-0.2, -0.15) is 0 Å². The van der Waals surface area contributed by atoms with E-state index in [0.717, 1.165) is 0 Å². The highest BCUT2D eigenvalue weighted by molar-refractivity contribution is 7.89. The van der Waals surface area contributed by atoms with Crippen molar-refractivity contribution >= 4 is 33.3 Å². The Morgan fingerprint density at radius 1 is 1.30 bits per heavy atom. The molecule has 1 saturated heterocycles. The molecule has 0 aliphatic carbocycles. The molecule has 2 heterocycles. The molecule has 2 rings (SSSR count). The van der Waals surface area contributed by atoms with Crippen LogP contribution < -0.4 is 16.2 Å². The summed E-state index contributed by atoms with van der Waals surface area (Å²) in [5.41, 5.74) is 4.62. The van der Waals surface area contributed by atoms with Crippen LogP contribution in [-0.2, 0) is 10.0 Å². The minimum Gasteiger partial charge on any atom is -0.334 e. The minimum absolute atomic E-state index is 0.0837. The van der Waals surface area contributed by atoms with Crippen LogP contribution in [0.3, 0.4) is 0 Å². The first-order valence-electron chi connectivity index (χ1n) is 7.30. The van der Waals surface area contributed by atoms with Crippen LogP contribution in [0, 0.1) is 0 Å². The standard InChI is InChI=1S/C13H20N4O4S2/c1-2-23(20,21)17-7-5-10(6-8-17)14-13(19)16-15-12(18)11-4-3-9-22-11/h3-4,9-10H,2,5-8H2,1H3,(H,15,18)(H2,14,16,19). The maximum Gasteiger partial charge on any atom is 0.333 e. The number of urea groups is 1. The fraction of sp³-hybridized carbons (Fsp3) is 0.538. The molecule has 0 radical (unpaired) electrons. The van der Waals surface area contributed by atoms with Crippen LogP contribution in [0.5, 0.6) is 0 Å². The number of carbonyl (C=O) groups excluding carboxylic acids is 2. The molecule has 3 amide bonds. The molecule has 0 saturated carbocycles. The normalized spacial score (nSPS) is 16.7. The zero-order valence-electron chi connectivity index (χ0n) is 12.7. The van der Waals surface area contributed by atoms with Crippen molar-refractivity contribution in [2.24, 2.45) is 0 Å². The number of amides is 3. The number of hydrazine groups is 1. The lowest BCUT2D eigenvalue weighted by Gasteiger charge is -2.31. The Hall–Kier alpha value is -1.65. The maximum atomic E-state index is 11.8. The lowest BCUT2D eigenvalue weighted by molar-refractivity contribution is 0.0939. The fourth-order valence-corrected chi connectivity index (χ4v) is 4.02. The number of sulfonamides is 1.